The van der Waals surface area contributed by atoms with E-state index in [4.69, 9.17) is 9.47 Å². The van der Waals surface area contributed by atoms with Crippen LogP contribution in [0, 0.1) is 0 Å². The Balaban J connectivity index is 1.65. The maximum Gasteiger partial charge on any atom is 0.300 e. The molecule has 0 aromatic heterocycles. The number of fused-ring (bicyclic) bond motifs is 1. The Morgan fingerprint density at radius 2 is 1.55 bits per heavy atom. The first kappa shape index (κ1) is 25.4. The fourth-order valence-electron chi connectivity index (χ4n) is 5.11. The molecule has 5 rings (SSSR count). The third-order valence-corrected chi connectivity index (χ3v) is 7.22. The molecule has 0 aliphatic carbocycles. The van der Waals surface area contributed by atoms with E-state index in [1.165, 1.54) is 4.90 Å². The Kier molecular flexibility index (Phi) is 7.09. The number of hydrogen-bond acceptors (Lipinski definition) is 6. The minimum Gasteiger partial charge on any atom is -0.507 e. The summed E-state index contributed by atoms with van der Waals surface area (Å²) in [7, 11) is 0. The number of anilines is 2. The van der Waals surface area contributed by atoms with Crippen LogP contribution in [0.25, 0.3) is 5.76 Å². The van der Waals surface area contributed by atoms with Gasteiger partial charge >= 0.3 is 0 Å². The van der Waals surface area contributed by atoms with E-state index in [-0.39, 0.29) is 11.3 Å². The molecular weight excluding hydrogens is 480 g/mol. The summed E-state index contributed by atoms with van der Waals surface area (Å²) in [6, 6.07) is 19.7. The molecule has 1 saturated heterocycles. The number of amides is 1. The number of carbonyl (C=O) groups excluding carboxylic acids is 2. The monoisotopic (exact) mass is 512 g/mol. The van der Waals surface area contributed by atoms with Crippen molar-refractivity contribution in [1.29, 1.82) is 0 Å². The van der Waals surface area contributed by atoms with Crippen molar-refractivity contribution in [1.82, 2.24) is 0 Å². The third kappa shape index (κ3) is 4.49. The van der Waals surface area contributed by atoms with Crippen molar-refractivity contribution >= 4 is 28.8 Å². The van der Waals surface area contributed by atoms with Crippen molar-refractivity contribution < 1.29 is 24.2 Å². The van der Waals surface area contributed by atoms with E-state index < -0.39 is 17.7 Å². The van der Waals surface area contributed by atoms with Gasteiger partial charge in [-0.3, -0.25) is 14.5 Å². The number of aliphatic hydroxyl groups excluding tert-OH is 1. The lowest BCUT2D eigenvalue weighted by molar-refractivity contribution is -0.132. The molecule has 38 heavy (non-hydrogen) atoms. The molecule has 1 atom stereocenters. The van der Waals surface area contributed by atoms with Gasteiger partial charge in [0.2, 0.25) is 0 Å². The van der Waals surface area contributed by atoms with E-state index in [1.54, 1.807) is 18.2 Å². The normalized spacial score (nSPS) is 18.1. The zero-order valence-electron chi connectivity index (χ0n) is 21.9. The second-order valence-electron chi connectivity index (χ2n) is 9.31. The van der Waals surface area contributed by atoms with Crippen LogP contribution in [-0.2, 0) is 16.0 Å². The van der Waals surface area contributed by atoms with E-state index in [1.807, 2.05) is 48.5 Å². The van der Waals surface area contributed by atoms with Crippen LogP contribution < -0.4 is 19.3 Å². The molecule has 2 aliphatic rings. The maximum atomic E-state index is 13.5. The van der Waals surface area contributed by atoms with Gasteiger partial charge < -0.3 is 19.5 Å². The van der Waals surface area contributed by atoms with Crippen molar-refractivity contribution in [3.8, 4) is 11.5 Å². The van der Waals surface area contributed by atoms with Crippen LogP contribution in [0.15, 0.2) is 72.3 Å². The van der Waals surface area contributed by atoms with Crippen LogP contribution >= 0.6 is 0 Å². The zero-order chi connectivity index (χ0) is 26.8. The lowest BCUT2D eigenvalue weighted by Crippen LogP contribution is -2.29. The molecule has 0 bridgehead atoms. The number of nitrogens with zero attached hydrogens (tertiary/aromatic N) is 2. The highest BCUT2D eigenvalue weighted by atomic mass is 16.6. The predicted molar refractivity (Wildman–Crippen MR) is 148 cm³/mol. The van der Waals surface area contributed by atoms with Gasteiger partial charge in [-0.25, -0.2) is 0 Å². The van der Waals surface area contributed by atoms with E-state index in [0.717, 1.165) is 36.3 Å². The van der Waals surface area contributed by atoms with Crippen LogP contribution in [-0.4, -0.2) is 43.1 Å². The maximum absolute atomic E-state index is 13.5. The highest BCUT2D eigenvalue weighted by molar-refractivity contribution is 6.51. The number of carbonyl (C=O) groups is 2. The van der Waals surface area contributed by atoms with Crippen molar-refractivity contribution in [2.45, 2.75) is 33.2 Å². The summed E-state index contributed by atoms with van der Waals surface area (Å²) < 4.78 is 11.3. The number of rotatable bonds is 7. The van der Waals surface area contributed by atoms with Gasteiger partial charge in [0.25, 0.3) is 11.7 Å². The smallest absolute Gasteiger partial charge is 0.300 e. The first-order valence-corrected chi connectivity index (χ1v) is 13.1. The lowest BCUT2D eigenvalue weighted by atomic mass is 9.94. The van der Waals surface area contributed by atoms with Crippen molar-refractivity contribution in [3.63, 3.8) is 0 Å². The summed E-state index contributed by atoms with van der Waals surface area (Å²) in [4.78, 5) is 30.7. The highest BCUT2D eigenvalue weighted by Gasteiger charge is 2.47. The summed E-state index contributed by atoms with van der Waals surface area (Å²) in [6.07, 6.45) is 0.861. The quantitative estimate of drug-likeness (QED) is 0.256. The van der Waals surface area contributed by atoms with Crippen LogP contribution in [0.5, 0.6) is 11.5 Å². The Morgan fingerprint density at radius 3 is 2.18 bits per heavy atom. The van der Waals surface area contributed by atoms with E-state index >= 15 is 0 Å². The molecule has 196 valence electrons. The molecule has 0 spiro atoms. The van der Waals surface area contributed by atoms with Crippen molar-refractivity contribution in [2.75, 3.05) is 36.1 Å². The number of aliphatic hydroxyl groups is 1. The Bertz CT molecular complexity index is 1370. The van der Waals surface area contributed by atoms with Gasteiger partial charge in [0, 0.05) is 30.0 Å². The highest BCUT2D eigenvalue weighted by Crippen LogP contribution is 2.43. The number of ether oxygens (including phenoxy) is 2. The fraction of sp³-hybridized carbons (Fsp3) is 0.290. The van der Waals surface area contributed by atoms with Gasteiger partial charge in [-0.05, 0) is 73.9 Å². The molecule has 1 amide bonds. The average molecular weight is 513 g/mol. The van der Waals surface area contributed by atoms with E-state index in [9.17, 15) is 14.7 Å². The molecule has 2 aliphatic heterocycles. The van der Waals surface area contributed by atoms with Crippen LogP contribution in [0.4, 0.5) is 11.4 Å². The van der Waals surface area contributed by atoms with Crippen LogP contribution in [0.2, 0.25) is 0 Å². The fourth-order valence-corrected chi connectivity index (χ4v) is 5.11. The van der Waals surface area contributed by atoms with Gasteiger partial charge in [-0.2, -0.15) is 0 Å². The molecule has 0 saturated carbocycles. The number of hydrogen-bond donors (Lipinski definition) is 1. The Hall–Kier alpha value is -4.26. The number of benzene rings is 3. The van der Waals surface area contributed by atoms with Crippen LogP contribution in [0.3, 0.4) is 0 Å². The topological polar surface area (TPSA) is 79.3 Å². The summed E-state index contributed by atoms with van der Waals surface area (Å²) in [5.41, 5.74) is 3.94. The van der Waals surface area contributed by atoms with Crippen molar-refractivity contribution in [3.05, 3.63) is 89.0 Å². The lowest BCUT2D eigenvalue weighted by Gasteiger charge is -2.27. The van der Waals surface area contributed by atoms with Crippen molar-refractivity contribution in [2.24, 2.45) is 0 Å². The summed E-state index contributed by atoms with van der Waals surface area (Å²) in [5.74, 6) is -0.579. The number of aryl methyl sites for hydroxylation is 1. The first-order chi connectivity index (χ1) is 18.5. The van der Waals surface area contributed by atoms with Gasteiger partial charge in [0.1, 0.15) is 19.0 Å². The molecule has 3 aromatic carbocycles. The summed E-state index contributed by atoms with van der Waals surface area (Å²) in [5, 5.41) is 11.5. The summed E-state index contributed by atoms with van der Waals surface area (Å²) in [6.45, 7) is 8.83. The molecular formula is C31H32N2O5. The Labute approximate surface area is 222 Å². The molecule has 7 heteroatoms. The van der Waals surface area contributed by atoms with E-state index in [0.29, 0.717) is 36.0 Å². The summed E-state index contributed by atoms with van der Waals surface area (Å²) >= 11 is 0. The molecule has 0 radical (unpaired) electrons. The average Bonchev–Trinajstić information content (AvgIpc) is 3.23. The molecule has 1 N–H and O–H groups in total. The molecule has 1 unspecified atom stereocenters. The second kappa shape index (κ2) is 10.6. The predicted octanol–water partition coefficient (Wildman–Crippen LogP) is 5.49. The standard InChI is InChI=1S/C31H32N2O5/c1-4-20-7-12-24(13-8-20)33-28(21-9-14-23(15-10-21)32(5-2)6-3)27(30(35)31(33)36)29(34)22-11-16-25-26(19-22)38-18-17-37-25/h7-16,19,28,34H,4-6,17-18H2,1-3H3/b29-27-. The van der Waals surface area contributed by atoms with Gasteiger partial charge in [0.15, 0.2) is 11.5 Å². The van der Waals surface area contributed by atoms with E-state index in [2.05, 4.69) is 25.7 Å². The number of Topliss-reactive ketones (excluding diaryl/α,β-unsaturated/α-hetero) is 1. The zero-order valence-corrected chi connectivity index (χ0v) is 21.9. The van der Waals surface area contributed by atoms with Crippen LogP contribution in [0.1, 0.15) is 43.5 Å². The first-order valence-electron chi connectivity index (χ1n) is 13.1. The van der Waals surface area contributed by atoms with Gasteiger partial charge in [-0.15, -0.1) is 0 Å². The molecule has 7 nitrogen and oxygen atoms in total. The largest absolute Gasteiger partial charge is 0.507 e. The van der Waals surface area contributed by atoms with Gasteiger partial charge in [-0.1, -0.05) is 31.2 Å². The minimum atomic E-state index is -0.790. The SMILES string of the molecule is CCc1ccc(N2C(=O)C(=O)/C(=C(\O)c3ccc4c(c3)OCCO4)C2c2ccc(N(CC)CC)cc2)cc1. The Morgan fingerprint density at radius 1 is 0.895 bits per heavy atom. The minimum absolute atomic E-state index is 0.0434. The number of ketones is 1. The molecule has 2 heterocycles. The second-order valence-corrected chi connectivity index (χ2v) is 9.31. The van der Waals surface area contributed by atoms with Gasteiger partial charge in [0.05, 0.1) is 11.6 Å². The third-order valence-electron chi connectivity index (χ3n) is 7.22. The molecule has 3 aromatic rings. The molecule has 1 fully saturated rings.